The summed E-state index contributed by atoms with van der Waals surface area (Å²) in [5.74, 6) is 2.06. The molecule has 0 amide bonds. The van der Waals surface area contributed by atoms with Crippen LogP contribution in [-0.2, 0) is 13.9 Å². The first-order chi connectivity index (χ1) is 15.7. The standard InChI is InChI=1S/C28H45NO4Si/c1-25(2,3)34(7,8)33-23-12-11-21-20-10-9-19-17-28(18-29,32-24(30)31-6)16-15-26(19,4)22(20)13-14-27(21,23)5/h17,20-23H,9-16H2,1-8H3/t20-,21-,22-,23-,26-,27-,28?/m0/s1. The average Bonchev–Trinajstić information content (AvgIpc) is 3.09. The van der Waals surface area contributed by atoms with E-state index in [4.69, 9.17) is 13.9 Å². The Bertz CT molecular complexity index is 901. The van der Waals surface area contributed by atoms with Crippen LogP contribution >= 0.6 is 0 Å². The molecule has 7 atom stereocenters. The molecule has 3 fully saturated rings. The highest BCUT2D eigenvalue weighted by molar-refractivity contribution is 6.74. The van der Waals surface area contributed by atoms with Crippen molar-refractivity contribution in [3.8, 4) is 6.07 Å². The van der Waals surface area contributed by atoms with Crippen molar-refractivity contribution in [1.29, 1.82) is 5.26 Å². The highest BCUT2D eigenvalue weighted by Crippen LogP contribution is 2.66. The van der Waals surface area contributed by atoms with Crippen LogP contribution < -0.4 is 0 Å². The van der Waals surface area contributed by atoms with Crippen LogP contribution in [0.15, 0.2) is 11.6 Å². The number of hydrogen-bond donors (Lipinski definition) is 0. The van der Waals surface area contributed by atoms with Crippen LogP contribution in [0.1, 0.15) is 86.0 Å². The third-order valence-electron chi connectivity index (χ3n) is 10.9. The van der Waals surface area contributed by atoms with Gasteiger partial charge in [0.15, 0.2) is 8.32 Å². The van der Waals surface area contributed by atoms with Gasteiger partial charge in [0.2, 0.25) is 5.60 Å². The van der Waals surface area contributed by atoms with E-state index >= 15 is 0 Å². The molecule has 0 N–H and O–H groups in total. The molecule has 0 aromatic heterocycles. The number of hydrogen-bond acceptors (Lipinski definition) is 5. The molecule has 4 rings (SSSR count). The minimum absolute atomic E-state index is 0.0858. The molecule has 0 bridgehead atoms. The second-order valence-electron chi connectivity index (χ2n) is 13.5. The summed E-state index contributed by atoms with van der Waals surface area (Å²) in [4.78, 5) is 11.8. The third-order valence-corrected chi connectivity index (χ3v) is 15.4. The molecule has 5 nitrogen and oxygen atoms in total. The first-order valence-electron chi connectivity index (χ1n) is 13.3. The van der Waals surface area contributed by atoms with E-state index in [2.05, 4.69) is 53.8 Å². The Labute approximate surface area is 207 Å². The second kappa shape index (κ2) is 8.37. The van der Waals surface area contributed by atoms with Crippen molar-refractivity contribution in [2.24, 2.45) is 28.6 Å². The summed E-state index contributed by atoms with van der Waals surface area (Å²) in [6.07, 6.45) is 10.1. The van der Waals surface area contributed by atoms with E-state index in [1.54, 1.807) is 0 Å². The van der Waals surface area contributed by atoms with Crippen molar-refractivity contribution in [3.05, 3.63) is 11.6 Å². The Morgan fingerprint density at radius 3 is 2.41 bits per heavy atom. The van der Waals surface area contributed by atoms with Crippen LogP contribution in [0, 0.1) is 39.9 Å². The smallest absolute Gasteiger partial charge is 0.438 e. The number of fused-ring (bicyclic) bond motifs is 5. The SMILES string of the molecule is COC(=O)OC1(C#N)C=C2CC[C@H]3[C@@H]4CC[C@H](O[Si](C)(C)C(C)(C)C)[C@@]4(C)CC[C@@H]3[C@@]2(C)CC1. The van der Waals surface area contributed by atoms with Gasteiger partial charge in [-0.2, -0.15) is 5.26 Å². The number of methoxy groups -OCH3 is 1. The lowest BCUT2D eigenvalue weighted by atomic mass is 9.47. The second-order valence-corrected chi connectivity index (χ2v) is 18.3. The predicted octanol–water partition coefficient (Wildman–Crippen LogP) is 7.38. The van der Waals surface area contributed by atoms with Crippen molar-refractivity contribution in [1.82, 2.24) is 0 Å². The molecular weight excluding hydrogens is 442 g/mol. The van der Waals surface area contributed by atoms with Gasteiger partial charge >= 0.3 is 6.16 Å². The molecular formula is C28H45NO4Si. The number of ether oxygens (including phenoxy) is 2. The quantitative estimate of drug-likeness (QED) is 0.236. The Balaban J connectivity index is 1.57. The Hall–Kier alpha value is -1.32. The third kappa shape index (κ3) is 3.95. The van der Waals surface area contributed by atoms with Crippen LogP contribution in [0.25, 0.3) is 0 Å². The Morgan fingerprint density at radius 1 is 1.09 bits per heavy atom. The summed E-state index contributed by atoms with van der Waals surface area (Å²) >= 11 is 0. The summed E-state index contributed by atoms with van der Waals surface area (Å²) < 4.78 is 17.2. The van der Waals surface area contributed by atoms with Crippen LogP contribution in [0.5, 0.6) is 0 Å². The predicted molar refractivity (Wildman–Crippen MR) is 136 cm³/mol. The minimum atomic E-state index is -1.81. The zero-order valence-corrected chi connectivity index (χ0v) is 23.6. The molecule has 0 saturated heterocycles. The van der Waals surface area contributed by atoms with Gasteiger partial charge in [-0.25, -0.2) is 4.79 Å². The summed E-state index contributed by atoms with van der Waals surface area (Å²) in [7, 11) is -0.515. The highest BCUT2D eigenvalue weighted by Gasteiger charge is 2.61. The normalized spacial score (nSPS) is 41.9. The molecule has 0 aliphatic heterocycles. The van der Waals surface area contributed by atoms with Crippen molar-refractivity contribution in [3.63, 3.8) is 0 Å². The molecule has 0 spiro atoms. The highest BCUT2D eigenvalue weighted by atomic mass is 28.4. The number of nitrogens with zero attached hydrogens (tertiary/aromatic N) is 1. The average molecular weight is 488 g/mol. The van der Waals surface area contributed by atoms with Crippen molar-refractivity contribution in [2.75, 3.05) is 7.11 Å². The van der Waals surface area contributed by atoms with Crippen molar-refractivity contribution >= 4 is 14.5 Å². The first kappa shape index (κ1) is 25.8. The molecule has 0 radical (unpaired) electrons. The monoisotopic (exact) mass is 487 g/mol. The lowest BCUT2D eigenvalue weighted by Gasteiger charge is -2.59. The molecule has 4 aliphatic rings. The molecule has 190 valence electrons. The van der Waals surface area contributed by atoms with E-state index in [1.165, 1.54) is 44.8 Å². The van der Waals surface area contributed by atoms with Gasteiger partial charge in [-0.3, -0.25) is 0 Å². The van der Waals surface area contributed by atoms with Crippen molar-refractivity contribution < 1.29 is 18.7 Å². The number of carbonyl (C=O) groups is 1. The lowest BCUT2D eigenvalue weighted by molar-refractivity contribution is -0.0770. The topological polar surface area (TPSA) is 68.5 Å². The maximum atomic E-state index is 11.8. The van der Waals surface area contributed by atoms with Gasteiger partial charge in [0.25, 0.3) is 0 Å². The summed E-state index contributed by atoms with van der Waals surface area (Å²) in [5.41, 5.74) is 0.490. The van der Waals surface area contributed by atoms with Gasteiger partial charge in [0.05, 0.1) is 13.2 Å². The number of carbonyl (C=O) groups excluding carboxylic acids is 1. The fraction of sp³-hybridized carbons (Fsp3) is 0.857. The first-order valence-corrected chi connectivity index (χ1v) is 16.2. The van der Waals surface area contributed by atoms with Crippen molar-refractivity contribution in [2.45, 2.75) is 116 Å². The molecule has 4 aliphatic carbocycles. The zero-order valence-electron chi connectivity index (χ0n) is 22.6. The van der Waals surface area contributed by atoms with E-state index in [1.807, 2.05) is 6.08 Å². The van der Waals surface area contributed by atoms with Gasteiger partial charge < -0.3 is 13.9 Å². The largest absolute Gasteiger partial charge is 0.509 e. The van der Waals surface area contributed by atoms with Crippen LogP contribution in [0.3, 0.4) is 0 Å². The van der Waals surface area contributed by atoms with Crippen LogP contribution in [0.2, 0.25) is 18.1 Å². The molecule has 6 heteroatoms. The van der Waals surface area contributed by atoms with Gasteiger partial charge in [-0.05, 0) is 97.7 Å². The molecule has 1 unspecified atom stereocenters. The molecule has 3 saturated carbocycles. The van der Waals surface area contributed by atoms with Gasteiger partial charge in [0.1, 0.15) is 6.07 Å². The van der Waals surface area contributed by atoms with Crippen LogP contribution in [-0.4, -0.2) is 33.3 Å². The Kier molecular flexibility index (Phi) is 6.34. The van der Waals surface area contributed by atoms with E-state index in [9.17, 15) is 10.1 Å². The Morgan fingerprint density at radius 2 is 1.79 bits per heavy atom. The summed E-state index contributed by atoms with van der Waals surface area (Å²) in [6.45, 7) is 16.8. The van der Waals surface area contributed by atoms with Crippen LogP contribution in [0.4, 0.5) is 4.79 Å². The zero-order chi connectivity index (χ0) is 25.2. The van der Waals surface area contributed by atoms with E-state index < -0.39 is 20.1 Å². The molecule has 0 aromatic rings. The van der Waals surface area contributed by atoms with E-state index in [0.29, 0.717) is 30.3 Å². The van der Waals surface area contributed by atoms with Gasteiger partial charge in [0, 0.05) is 6.42 Å². The minimum Gasteiger partial charge on any atom is -0.438 e. The molecule has 0 aromatic carbocycles. The fourth-order valence-corrected chi connectivity index (χ4v) is 9.22. The summed E-state index contributed by atoms with van der Waals surface area (Å²) in [6, 6.07) is 2.28. The maximum absolute atomic E-state index is 11.8. The summed E-state index contributed by atoms with van der Waals surface area (Å²) in [5, 5.41) is 10.1. The van der Waals surface area contributed by atoms with Gasteiger partial charge in [-0.1, -0.05) is 40.2 Å². The molecule has 0 heterocycles. The van der Waals surface area contributed by atoms with E-state index in [-0.39, 0.29) is 15.9 Å². The number of allylic oxidation sites excluding steroid dienone is 1. The fourth-order valence-electron chi connectivity index (χ4n) is 7.77. The van der Waals surface area contributed by atoms with Gasteiger partial charge in [-0.15, -0.1) is 0 Å². The number of rotatable bonds is 3. The lowest BCUT2D eigenvalue weighted by Crippen LogP contribution is -2.54. The molecule has 34 heavy (non-hydrogen) atoms. The van der Waals surface area contributed by atoms with E-state index in [0.717, 1.165) is 12.8 Å². The maximum Gasteiger partial charge on any atom is 0.509 e. The number of nitriles is 1.